The van der Waals surface area contributed by atoms with Gasteiger partial charge >= 0.3 is 0 Å². The van der Waals surface area contributed by atoms with Crippen LogP contribution in [0.3, 0.4) is 0 Å². The van der Waals surface area contributed by atoms with Crippen molar-refractivity contribution in [3.05, 3.63) is 48.3 Å². The van der Waals surface area contributed by atoms with E-state index < -0.39 is 15.4 Å². The average Bonchev–Trinajstić information content (AvgIpc) is 3.47. The maximum atomic E-state index is 12.8. The fraction of sp³-hybridized carbons (Fsp3) is 0.360. The van der Waals surface area contributed by atoms with E-state index >= 15 is 0 Å². The smallest absolute Gasteiger partial charge is 0.213 e. The molecular formula is C25H27N5O6S. The number of aromatic nitrogens is 5. The lowest BCUT2D eigenvalue weighted by molar-refractivity contribution is 0.174. The van der Waals surface area contributed by atoms with Crippen LogP contribution in [0.25, 0.3) is 28.5 Å². The van der Waals surface area contributed by atoms with Gasteiger partial charge in [-0.05, 0) is 38.0 Å². The van der Waals surface area contributed by atoms with Crippen LogP contribution in [0.1, 0.15) is 25.5 Å². The van der Waals surface area contributed by atoms with Crippen molar-refractivity contribution in [2.75, 3.05) is 26.6 Å². The first-order valence-electron chi connectivity index (χ1n) is 11.7. The summed E-state index contributed by atoms with van der Waals surface area (Å²) in [7, 11) is -0.541. The molecule has 12 heteroatoms. The standard InChI is InChI=1S/C25H27N5O6S/c1-4-36-20-10-5-7-17(28-20)23-29-22-24(30(23)21-18(34-2)8-6-9-19(21)35-3)27-16(13-26-22)14-37(32,33)15-25(31)11-12-25/h5-10,13,31H,4,11-12,14-15H2,1-3H3. The van der Waals surface area contributed by atoms with Gasteiger partial charge in [-0.25, -0.2) is 28.4 Å². The van der Waals surface area contributed by atoms with Gasteiger partial charge in [0.25, 0.3) is 0 Å². The molecule has 1 fully saturated rings. The van der Waals surface area contributed by atoms with E-state index in [9.17, 15) is 13.5 Å². The van der Waals surface area contributed by atoms with E-state index in [1.54, 1.807) is 41.0 Å². The van der Waals surface area contributed by atoms with Crippen LogP contribution in [-0.2, 0) is 15.6 Å². The third-order valence-electron chi connectivity index (χ3n) is 5.97. The van der Waals surface area contributed by atoms with Gasteiger partial charge in [-0.2, -0.15) is 0 Å². The Balaban J connectivity index is 1.71. The number of rotatable bonds is 10. The Labute approximate surface area is 214 Å². The first kappa shape index (κ1) is 24.9. The number of benzene rings is 1. The predicted octanol–water partition coefficient (Wildman–Crippen LogP) is 2.73. The van der Waals surface area contributed by atoms with Gasteiger partial charge in [-0.15, -0.1) is 0 Å². The molecular weight excluding hydrogens is 498 g/mol. The monoisotopic (exact) mass is 525 g/mol. The fourth-order valence-corrected chi connectivity index (χ4v) is 5.93. The second kappa shape index (κ2) is 9.60. The van der Waals surface area contributed by atoms with Gasteiger partial charge in [-0.3, -0.25) is 4.57 Å². The number of pyridine rings is 1. The van der Waals surface area contributed by atoms with Crippen LogP contribution in [0.2, 0.25) is 0 Å². The van der Waals surface area contributed by atoms with E-state index in [4.69, 9.17) is 14.2 Å². The van der Waals surface area contributed by atoms with E-state index in [1.165, 1.54) is 20.4 Å². The van der Waals surface area contributed by atoms with E-state index in [2.05, 4.69) is 19.9 Å². The van der Waals surface area contributed by atoms with Crippen molar-refractivity contribution in [3.8, 4) is 34.6 Å². The van der Waals surface area contributed by atoms with Gasteiger partial charge in [0, 0.05) is 6.07 Å². The van der Waals surface area contributed by atoms with E-state index in [0.29, 0.717) is 59.7 Å². The Bertz CT molecular complexity index is 1540. The molecule has 11 nitrogen and oxygen atoms in total. The van der Waals surface area contributed by atoms with Crippen molar-refractivity contribution in [3.63, 3.8) is 0 Å². The maximum Gasteiger partial charge on any atom is 0.213 e. The molecule has 1 aliphatic rings. The summed E-state index contributed by atoms with van der Waals surface area (Å²) in [6.07, 6.45) is 2.35. The molecule has 0 bridgehead atoms. The molecule has 0 atom stereocenters. The van der Waals surface area contributed by atoms with Crippen LogP contribution in [-0.4, -0.2) is 70.2 Å². The number of nitrogens with zero attached hydrogens (tertiary/aromatic N) is 5. The molecule has 194 valence electrons. The molecule has 1 aromatic carbocycles. The quantitative estimate of drug-likeness (QED) is 0.329. The number of para-hydroxylation sites is 1. The summed E-state index contributed by atoms with van der Waals surface area (Å²) in [5.41, 5.74) is 0.689. The van der Waals surface area contributed by atoms with Crippen molar-refractivity contribution < 1.29 is 27.7 Å². The van der Waals surface area contributed by atoms with Crippen molar-refractivity contribution in [2.45, 2.75) is 31.1 Å². The maximum absolute atomic E-state index is 12.8. The van der Waals surface area contributed by atoms with Crippen molar-refractivity contribution in [2.24, 2.45) is 0 Å². The molecule has 0 radical (unpaired) electrons. The van der Waals surface area contributed by atoms with Crippen LogP contribution in [0.5, 0.6) is 17.4 Å². The first-order chi connectivity index (χ1) is 17.8. The summed E-state index contributed by atoms with van der Waals surface area (Å²) >= 11 is 0. The Morgan fingerprint density at radius 3 is 2.38 bits per heavy atom. The molecule has 0 unspecified atom stereocenters. The van der Waals surface area contributed by atoms with E-state index in [1.807, 2.05) is 6.92 Å². The zero-order valence-electron chi connectivity index (χ0n) is 20.7. The van der Waals surface area contributed by atoms with Crippen LogP contribution in [0.15, 0.2) is 42.6 Å². The van der Waals surface area contributed by atoms with Gasteiger partial charge in [0.15, 0.2) is 27.0 Å². The highest BCUT2D eigenvalue weighted by Crippen LogP contribution is 2.38. The predicted molar refractivity (Wildman–Crippen MR) is 136 cm³/mol. The van der Waals surface area contributed by atoms with E-state index in [0.717, 1.165) is 0 Å². The third kappa shape index (κ3) is 5.07. The zero-order chi connectivity index (χ0) is 26.2. The van der Waals surface area contributed by atoms with Gasteiger partial charge < -0.3 is 19.3 Å². The third-order valence-corrected chi connectivity index (χ3v) is 7.69. The second-order valence-corrected chi connectivity index (χ2v) is 10.9. The Kier molecular flexibility index (Phi) is 6.46. The minimum absolute atomic E-state index is 0.231. The van der Waals surface area contributed by atoms with E-state index in [-0.39, 0.29) is 22.8 Å². The van der Waals surface area contributed by atoms with Gasteiger partial charge in [0.1, 0.15) is 22.9 Å². The minimum atomic E-state index is -3.62. The second-order valence-electron chi connectivity index (χ2n) is 8.84. The first-order valence-corrected chi connectivity index (χ1v) is 13.6. The average molecular weight is 526 g/mol. The fourth-order valence-electron chi connectivity index (χ4n) is 4.13. The highest BCUT2D eigenvalue weighted by atomic mass is 32.2. The van der Waals surface area contributed by atoms with Crippen LogP contribution >= 0.6 is 0 Å². The lowest BCUT2D eigenvalue weighted by atomic mass is 10.2. The number of aliphatic hydroxyl groups is 1. The highest BCUT2D eigenvalue weighted by molar-refractivity contribution is 7.90. The Morgan fingerprint density at radius 2 is 1.73 bits per heavy atom. The molecule has 3 heterocycles. The summed E-state index contributed by atoms with van der Waals surface area (Å²) in [4.78, 5) is 18.3. The van der Waals surface area contributed by atoms with Gasteiger partial charge in [-0.1, -0.05) is 12.1 Å². The van der Waals surface area contributed by atoms with Gasteiger partial charge in [0.05, 0.1) is 49.8 Å². The largest absolute Gasteiger partial charge is 0.494 e. The van der Waals surface area contributed by atoms with Crippen LogP contribution in [0.4, 0.5) is 0 Å². The number of methoxy groups -OCH3 is 2. The molecule has 4 aromatic rings. The number of imidazole rings is 1. The number of fused-ring (bicyclic) bond motifs is 1. The van der Waals surface area contributed by atoms with Crippen LogP contribution in [0, 0.1) is 0 Å². The topological polar surface area (TPSA) is 139 Å². The summed E-state index contributed by atoms with van der Waals surface area (Å²) in [6.45, 7) is 2.32. The number of sulfone groups is 1. The lowest BCUT2D eigenvalue weighted by Crippen LogP contribution is -2.23. The Morgan fingerprint density at radius 1 is 1.03 bits per heavy atom. The van der Waals surface area contributed by atoms with Crippen molar-refractivity contribution in [1.82, 2.24) is 24.5 Å². The molecule has 1 aliphatic carbocycles. The normalized spacial score (nSPS) is 14.5. The number of hydrogen-bond acceptors (Lipinski definition) is 10. The zero-order valence-corrected chi connectivity index (χ0v) is 21.5. The summed E-state index contributed by atoms with van der Waals surface area (Å²) in [6, 6.07) is 10.7. The molecule has 5 rings (SSSR count). The van der Waals surface area contributed by atoms with Crippen molar-refractivity contribution in [1.29, 1.82) is 0 Å². The molecule has 0 aliphatic heterocycles. The molecule has 0 spiro atoms. The summed E-state index contributed by atoms with van der Waals surface area (Å²) in [5, 5.41) is 10.1. The molecule has 1 N–H and O–H groups in total. The molecule has 0 amide bonds. The highest BCUT2D eigenvalue weighted by Gasteiger charge is 2.44. The lowest BCUT2D eigenvalue weighted by Gasteiger charge is -2.16. The molecule has 0 saturated heterocycles. The number of hydrogen-bond donors (Lipinski definition) is 1. The summed E-state index contributed by atoms with van der Waals surface area (Å²) < 4.78 is 44.1. The number of ether oxygens (including phenoxy) is 3. The minimum Gasteiger partial charge on any atom is -0.494 e. The summed E-state index contributed by atoms with van der Waals surface area (Å²) in [5.74, 6) is 1.12. The molecule has 37 heavy (non-hydrogen) atoms. The van der Waals surface area contributed by atoms with Crippen molar-refractivity contribution >= 4 is 21.1 Å². The molecule has 3 aromatic heterocycles. The van der Waals surface area contributed by atoms with Gasteiger partial charge in [0.2, 0.25) is 5.88 Å². The van der Waals surface area contributed by atoms with Crippen LogP contribution < -0.4 is 14.2 Å². The SMILES string of the molecule is CCOc1cccc(-c2nc3ncc(CS(=O)(=O)CC4(O)CC4)nc3n2-c2c(OC)cccc2OC)n1. The Hall–Kier alpha value is -3.77. The molecule has 1 saturated carbocycles.